The number of carbonyl (C=O) groups is 1. The van der Waals surface area contributed by atoms with Crippen LogP contribution in [0.25, 0.3) is 22.1 Å². The third kappa shape index (κ3) is 3.69. The third-order valence-corrected chi connectivity index (χ3v) is 4.67. The lowest BCUT2D eigenvalue weighted by molar-refractivity contribution is -0.135. The first-order valence-corrected chi connectivity index (χ1v) is 9.39. The summed E-state index contributed by atoms with van der Waals surface area (Å²) in [4.78, 5) is 24.9. The second-order valence-corrected chi connectivity index (χ2v) is 6.94. The van der Waals surface area contributed by atoms with Crippen molar-refractivity contribution in [3.8, 4) is 28.4 Å². The van der Waals surface area contributed by atoms with E-state index in [4.69, 9.17) is 24.4 Å². The maximum atomic E-state index is 13.2. The molecule has 150 valence electrons. The summed E-state index contributed by atoms with van der Waals surface area (Å²) in [6.07, 6.45) is 0.803. The number of rotatable bonds is 3. The van der Waals surface area contributed by atoms with Crippen LogP contribution >= 0.6 is 0 Å². The van der Waals surface area contributed by atoms with Crippen LogP contribution in [-0.4, -0.2) is 25.2 Å². The van der Waals surface area contributed by atoms with Gasteiger partial charge >= 0.3 is 5.97 Å². The second kappa shape index (κ2) is 7.60. The van der Waals surface area contributed by atoms with Crippen molar-refractivity contribution in [3.63, 3.8) is 0 Å². The molecule has 2 aromatic carbocycles. The Labute approximate surface area is 167 Å². The summed E-state index contributed by atoms with van der Waals surface area (Å²) in [6.45, 7) is 4.42. The number of carbonyl (C=O) groups excluding carboxylic acids is 1. The van der Waals surface area contributed by atoms with E-state index in [1.807, 2.05) is 6.07 Å². The molecule has 1 atom stereocenters. The highest BCUT2D eigenvalue weighted by Gasteiger charge is 2.18. The first-order chi connectivity index (χ1) is 13.9. The van der Waals surface area contributed by atoms with E-state index in [9.17, 15) is 9.59 Å². The van der Waals surface area contributed by atoms with Gasteiger partial charge in [-0.05, 0) is 43.7 Å². The van der Waals surface area contributed by atoms with E-state index in [-0.39, 0.29) is 11.2 Å². The van der Waals surface area contributed by atoms with Gasteiger partial charge in [-0.2, -0.15) is 0 Å². The molecule has 1 aliphatic heterocycles. The normalized spacial score (nSPS) is 14.3. The van der Waals surface area contributed by atoms with Gasteiger partial charge in [0.25, 0.3) is 0 Å². The van der Waals surface area contributed by atoms with Gasteiger partial charge in [-0.15, -0.1) is 0 Å². The molecule has 2 heterocycles. The van der Waals surface area contributed by atoms with Crippen LogP contribution in [0, 0.1) is 6.92 Å². The minimum atomic E-state index is -0.749. The molecule has 0 saturated carbocycles. The van der Waals surface area contributed by atoms with Crippen molar-refractivity contribution in [1.82, 2.24) is 0 Å². The number of nitrogens with two attached hydrogens (primary N) is 1. The lowest BCUT2D eigenvalue weighted by atomic mass is 10.0. The highest BCUT2D eigenvalue weighted by molar-refractivity contribution is 5.85. The van der Waals surface area contributed by atoms with Crippen molar-refractivity contribution in [2.75, 3.05) is 13.2 Å². The Morgan fingerprint density at radius 3 is 2.62 bits per heavy atom. The molecule has 0 radical (unpaired) electrons. The summed E-state index contributed by atoms with van der Waals surface area (Å²) in [5.41, 5.74) is 6.82. The molecule has 3 aromatic rings. The maximum absolute atomic E-state index is 13.2. The third-order valence-electron chi connectivity index (χ3n) is 4.67. The van der Waals surface area contributed by atoms with Crippen LogP contribution < -0.4 is 25.4 Å². The number of fused-ring (bicyclic) bond motifs is 2. The molecule has 1 aromatic heterocycles. The summed E-state index contributed by atoms with van der Waals surface area (Å²) < 4.78 is 22.5. The van der Waals surface area contributed by atoms with E-state index in [2.05, 4.69) is 0 Å². The predicted octanol–water partition coefficient (Wildman–Crippen LogP) is 3.18. The summed E-state index contributed by atoms with van der Waals surface area (Å²) in [5.74, 6) is 1.43. The topological polar surface area (TPSA) is 101 Å². The van der Waals surface area contributed by atoms with Gasteiger partial charge in [-0.1, -0.05) is 6.07 Å². The average Bonchev–Trinajstić information content (AvgIpc) is 2.92. The van der Waals surface area contributed by atoms with Crippen LogP contribution in [0.5, 0.6) is 17.2 Å². The molecule has 0 amide bonds. The maximum Gasteiger partial charge on any atom is 0.328 e. The van der Waals surface area contributed by atoms with Gasteiger partial charge in [0.05, 0.1) is 24.2 Å². The molecule has 0 saturated heterocycles. The number of hydrogen-bond acceptors (Lipinski definition) is 7. The summed E-state index contributed by atoms with van der Waals surface area (Å²) in [6, 6.07) is 9.31. The molecular weight excluding hydrogens is 374 g/mol. The zero-order valence-electron chi connectivity index (χ0n) is 16.2. The number of benzene rings is 2. The summed E-state index contributed by atoms with van der Waals surface area (Å²) >= 11 is 0. The molecule has 0 unspecified atom stereocenters. The summed E-state index contributed by atoms with van der Waals surface area (Å²) in [5, 5.41) is 0.387. The molecule has 7 nitrogen and oxygen atoms in total. The fourth-order valence-electron chi connectivity index (χ4n) is 3.21. The number of hydrogen-bond donors (Lipinski definition) is 1. The highest BCUT2D eigenvalue weighted by atomic mass is 16.5. The zero-order valence-corrected chi connectivity index (χ0v) is 16.2. The first kappa shape index (κ1) is 19.0. The van der Waals surface area contributed by atoms with Crippen LogP contribution in [0.1, 0.15) is 19.1 Å². The van der Waals surface area contributed by atoms with Crippen molar-refractivity contribution in [2.24, 2.45) is 5.73 Å². The molecule has 0 fully saturated rings. The van der Waals surface area contributed by atoms with Crippen molar-refractivity contribution >= 4 is 16.9 Å². The quantitative estimate of drug-likeness (QED) is 0.537. The van der Waals surface area contributed by atoms with Crippen molar-refractivity contribution in [2.45, 2.75) is 26.3 Å². The first-order valence-electron chi connectivity index (χ1n) is 9.39. The van der Waals surface area contributed by atoms with Gasteiger partial charge in [-0.3, -0.25) is 4.79 Å². The van der Waals surface area contributed by atoms with Gasteiger partial charge in [0, 0.05) is 12.5 Å². The van der Waals surface area contributed by atoms with Crippen molar-refractivity contribution in [3.05, 3.63) is 52.4 Å². The number of esters is 1. The standard InChI is InChI=1S/C22H21NO6/c1-12(23)22(25)29-15-5-6-16-18(11-15)28-13(2)20(21(16)24)14-4-7-17-19(10-14)27-9-3-8-26-17/h4-7,10-12H,3,8-9,23H2,1-2H3/t12-/m1/s1. The molecule has 7 heteroatoms. The van der Waals surface area contributed by atoms with Crippen molar-refractivity contribution in [1.29, 1.82) is 0 Å². The fourth-order valence-corrected chi connectivity index (χ4v) is 3.21. The molecular formula is C22H21NO6. The Balaban J connectivity index is 1.77. The lowest BCUT2D eigenvalue weighted by Crippen LogP contribution is -2.30. The predicted molar refractivity (Wildman–Crippen MR) is 108 cm³/mol. The van der Waals surface area contributed by atoms with Gasteiger partial charge < -0.3 is 24.4 Å². The van der Waals surface area contributed by atoms with E-state index in [0.717, 1.165) is 6.42 Å². The van der Waals surface area contributed by atoms with Crippen LogP contribution in [0.15, 0.2) is 45.6 Å². The minimum Gasteiger partial charge on any atom is -0.490 e. The van der Waals surface area contributed by atoms with Gasteiger partial charge in [0.2, 0.25) is 5.43 Å². The molecule has 29 heavy (non-hydrogen) atoms. The molecule has 0 bridgehead atoms. The van der Waals surface area contributed by atoms with E-state index >= 15 is 0 Å². The molecule has 4 rings (SSSR count). The number of aryl methyl sites for hydroxylation is 1. The Morgan fingerprint density at radius 1 is 1.10 bits per heavy atom. The van der Waals surface area contributed by atoms with E-state index in [0.29, 0.717) is 52.6 Å². The molecule has 0 aliphatic carbocycles. The van der Waals surface area contributed by atoms with E-state index in [1.54, 1.807) is 31.2 Å². The Kier molecular flexibility index (Phi) is 4.98. The number of ether oxygens (including phenoxy) is 3. The smallest absolute Gasteiger partial charge is 0.328 e. The average molecular weight is 395 g/mol. The molecule has 0 spiro atoms. The second-order valence-electron chi connectivity index (χ2n) is 6.94. The van der Waals surface area contributed by atoms with Crippen LogP contribution in [0.4, 0.5) is 0 Å². The molecule has 2 N–H and O–H groups in total. The van der Waals surface area contributed by atoms with Gasteiger partial charge in [0.15, 0.2) is 11.5 Å². The van der Waals surface area contributed by atoms with Gasteiger partial charge in [-0.25, -0.2) is 4.79 Å². The fraction of sp³-hybridized carbons (Fsp3) is 0.273. The van der Waals surface area contributed by atoms with E-state index in [1.165, 1.54) is 13.0 Å². The van der Waals surface area contributed by atoms with Crippen LogP contribution in [0.3, 0.4) is 0 Å². The lowest BCUT2D eigenvalue weighted by Gasteiger charge is -2.12. The molecule has 1 aliphatic rings. The SMILES string of the molecule is Cc1oc2cc(OC(=O)[C@@H](C)N)ccc2c(=O)c1-c1ccc2c(c1)OCCCO2. The Hall–Kier alpha value is -3.32. The van der Waals surface area contributed by atoms with Crippen LogP contribution in [0.2, 0.25) is 0 Å². The monoisotopic (exact) mass is 395 g/mol. The zero-order chi connectivity index (χ0) is 20.5. The minimum absolute atomic E-state index is 0.177. The Morgan fingerprint density at radius 2 is 1.86 bits per heavy atom. The van der Waals surface area contributed by atoms with E-state index < -0.39 is 12.0 Å². The summed E-state index contributed by atoms with van der Waals surface area (Å²) in [7, 11) is 0. The Bertz CT molecular complexity index is 1150. The van der Waals surface area contributed by atoms with Crippen molar-refractivity contribution < 1.29 is 23.4 Å². The van der Waals surface area contributed by atoms with Crippen LogP contribution in [-0.2, 0) is 4.79 Å². The largest absolute Gasteiger partial charge is 0.490 e. The van der Waals surface area contributed by atoms with Gasteiger partial charge in [0.1, 0.15) is 23.1 Å². The highest BCUT2D eigenvalue weighted by Crippen LogP contribution is 2.35.